The number of nitrogens with zero attached hydrogens (tertiary/aromatic N) is 8. The summed E-state index contributed by atoms with van der Waals surface area (Å²) in [7, 11) is -3.42. The first-order chi connectivity index (χ1) is 37.9. The van der Waals surface area contributed by atoms with Crippen LogP contribution in [0.25, 0.3) is 0 Å². The fourth-order valence-corrected chi connectivity index (χ4v) is 11.7. The minimum atomic E-state index is -3.42. The number of Topliss-reactive ketones (excluding diaryl/α,β-unsaturated/α-hetero) is 1. The number of amides is 4. The highest BCUT2D eigenvalue weighted by Gasteiger charge is 2.31. The third kappa shape index (κ3) is 27.7. The average molecular weight is 1140 g/mol. The molecule has 7 rings (SSSR count). The molecule has 0 radical (unpaired) electrons. The quantitative estimate of drug-likeness (QED) is 0.174. The Bertz CT molecular complexity index is 1970. The Morgan fingerprint density at radius 3 is 1.24 bits per heavy atom. The predicted molar refractivity (Wildman–Crippen MR) is 299 cm³/mol. The molecule has 7 saturated heterocycles. The van der Waals surface area contributed by atoms with Gasteiger partial charge in [0.05, 0.1) is 57.0 Å². The molecule has 22 nitrogen and oxygen atoms in total. The lowest BCUT2D eigenvalue weighted by atomic mass is 9.91. The second-order valence-electron chi connectivity index (χ2n) is 21.4. The first kappa shape index (κ1) is 68.8. The van der Waals surface area contributed by atoms with E-state index in [4.69, 9.17) is 33.7 Å². The van der Waals surface area contributed by atoms with E-state index in [1.165, 1.54) is 0 Å². The molecule has 2 N–H and O–H groups in total. The lowest BCUT2D eigenvalue weighted by molar-refractivity contribution is -0.122. The van der Waals surface area contributed by atoms with Gasteiger partial charge in [-0.15, -0.1) is 0 Å². The lowest BCUT2D eigenvalue weighted by Crippen LogP contribution is -2.43. The van der Waals surface area contributed by atoms with Crippen molar-refractivity contribution >= 4 is 40.3 Å². The Hall–Kier alpha value is -4.52. The largest absolute Gasteiger partial charge is 0.450 e. The topological polar surface area (TPSA) is 265 Å². The molecule has 0 aliphatic carbocycles. The van der Waals surface area contributed by atoms with Crippen LogP contribution in [0.5, 0.6) is 0 Å². The summed E-state index contributed by atoms with van der Waals surface area (Å²) in [6.45, 7) is 22.3. The van der Waals surface area contributed by atoms with Crippen molar-refractivity contribution in [2.45, 2.75) is 174 Å². The van der Waals surface area contributed by atoms with Crippen LogP contribution in [-0.2, 0) is 38.0 Å². The van der Waals surface area contributed by atoms with Crippen molar-refractivity contribution in [1.82, 2.24) is 34.7 Å². The van der Waals surface area contributed by atoms with Gasteiger partial charge >= 0.3 is 24.4 Å². The summed E-state index contributed by atoms with van der Waals surface area (Å²) in [4.78, 5) is 69.8. The molecule has 4 atom stereocenters. The van der Waals surface area contributed by atoms with E-state index in [1.54, 1.807) is 30.6 Å². The number of rotatable bonds is 9. The summed E-state index contributed by atoms with van der Waals surface area (Å²) >= 11 is 0. The van der Waals surface area contributed by atoms with Gasteiger partial charge in [-0.2, -0.15) is 18.9 Å². The van der Waals surface area contributed by atoms with Crippen molar-refractivity contribution in [2.75, 3.05) is 124 Å². The van der Waals surface area contributed by atoms with Gasteiger partial charge in [0.15, 0.2) is 0 Å². The van der Waals surface area contributed by atoms with Crippen LogP contribution in [0.15, 0.2) is 0 Å². The molecular formula is C56H99N9O13S. The lowest BCUT2D eigenvalue weighted by Gasteiger charge is -2.36. The molecule has 79 heavy (non-hydrogen) atoms. The van der Waals surface area contributed by atoms with Gasteiger partial charge in [0.2, 0.25) is 0 Å². The molecule has 7 aliphatic rings. The molecule has 0 saturated carbocycles. The maximum atomic E-state index is 11.8. The van der Waals surface area contributed by atoms with Crippen LogP contribution in [0.4, 0.5) is 19.2 Å². The molecule has 0 aromatic rings. The zero-order valence-electron chi connectivity index (χ0n) is 48.8. The Morgan fingerprint density at radius 2 is 0.861 bits per heavy atom. The number of aliphatic hydroxyl groups excluding tert-OH is 1. The van der Waals surface area contributed by atoms with Crippen molar-refractivity contribution in [1.29, 1.82) is 10.5 Å². The highest BCUT2D eigenvalue weighted by Crippen LogP contribution is 2.26. The van der Waals surface area contributed by atoms with Crippen LogP contribution >= 0.6 is 0 Å². The van der Waals surface area contributed by atoms with Gasteiger partial charge in [-0.3, -0.25) is 8.98 Å². The number of hydrogen-bond donors (Lipinski definition) is 2. The molecule has 0 spiro atoms. The van der Waals surface area contributed by atoms with Crippen molar-refractivity contribution in [3.05, 3.63) is 0 Å². The molecule has 7 heterocycles. The molecule has 0 aromatic heterocycles. The van der Waals surface area contributed by atoms with Crippen LogP contribution < -0.4 is 5.32 Å². The van der Waals surface area contributed by atoms with Gasteiger partial charge in [0, 0.05) is 82.2 Å². The number of nitrogens with one attached hydrogen (secondary N) is 1. The Kier molecular flexibility index (Phi) is 33.9. The molecule has 4 amide bonds. The maximum Gasteiger partial charge on any atom is 0.409 e. The van der Waals surface area contributed by atoms with E-state index in [-0.39, 0.29) is 48.4 Å². The average Bonchev–Trinajstić information content (AvgIpc) is 4.03. The van der Waals surface area contributed by atoms with E-state index in [9.17, 15) is 37.5 Å². The number of hydrogen-bond acceptors (Lipinski definition) is 18. The molecule has 7 fully saturated rings. The van der Waals surface area contributed by atoms with Gasteiger partial charge in [-0.05, 0) is 189 Å². The van der Waals surface area contributed by atoms with Crippen molar-refractivity contribution < 1.29 is 60.6 Å². The number of carbonyl (C=O) groups is 5. The van der Waals surface area contributed by atoms with E-state index in [1.807, 2.05) is 23.6 Å². The SMILES string of the molecule is CCOC(=O)N1CCC[C@@H](O)CC1.CCOC(=O)N1CCC[C@@H](OS(C)(=O)=O)CC1.CCOC(=O)N1CCC[C@H](N2CCC(C#N)CC2)CC1.CCOC(=O)N1CCC[C@H](N2CCC(C(C)=O)CC2)CC1.N#CC1CCNCC1. The summed E-state index contributed by atoms with van der Waals surface area (Å²) in [6, 6.07) is 5.76. The summed E-state index contributed by atoms with van der Waals surface area (Å²) in [5.41, 5.74) is 0. The first-order valence-electron chi connectivity index (χ1n) is 29.7. The van der Waals surface area contributed by atoms with Gasteiger partial charge in [0.1, 0.15) is 5.78 Å². The normalized spacial score (nSPS) is 24.2. The van der Waals surface area contributed by atoms with Gasteiger partial charge in [-0.1, -0.05) is 0 Å². The fourth-order valence-electron chi connectivity index (χ4n) is 11.0. The van der Waals surface area contributed by atoms with Crippen molar-refractivity contribution in [3.8, 4) is 12.1 Å². The van der Waals surface area contributed by atoms with Crippen LogP contribution in [0.1, 0.15) is 150 Å². The zero-order chi connectivity index (χ0) is 58.0. The number of aliphatic hydroxyl groups is 1. The maximum absolute atomic E-state index is 11.8. The smallest absolute Gasteiger partial charge is 0.409 e. The molecule has 452 valence electrons. The van der Waals surface area contributed by atoms with Gasteiger partial charge in [0.25, 0.3) is 10.1 Å². The summed E-state index contributed by atoms with van der Waals surface area (Å²) < 4.78 is 46.9. The number of piperidine rings is 3. The van der Waals surface area contributed by atoms with Crippen molar-refractivity contribution in [2.24, 2.45) is 17.8 Å². The second-order valence-corrected chi connectivity index (χ2v) is 23.0. The highest BCUT2D eigenvalue weighted by atomic mass is 32.2. The number of nitriles is 2. The highest BCUT2D eigenvalue weighted by molar-refractivity contribution is 7.86. The van der Waals surface area contributed by atoms with E-state index in [0.717, 1.165) is 168 Å². The minimum absolute atomic E-state index is 0.170. The third-order valence-electron chi connectivity index (χ3n) is 15.6. The summed E-state index contributed by atoms with van der Waals surface area (Å²) in [5, 5.41) is 29.9. The van der Waals surface area contributed by atoms with Crippen LogP contribution in [0.3, 0.4) is 0 Å². The number of carbonyl (C=O) groups excluding carboxylic acids is 5. The third-order valence-corrected chi connectivity index (χ3v) is 16.2. The zero-order valence-corrected chi connectivity index (χ0v) is 49.6. The van der Waals surface area contributed by atoms with Crippen LogP contribution in [-0.4, -0.2) is 222 Å². The van der Waals surface area contributed by atoms with E-state index < -0.39 is 10.1 Å². The van der Waals surface area contributed by atoms with Gasteiger partial charge < -0.3 is 58.8 Å². The summed E-state index contributed by atoms with van der Waals surface area (Å²) in [5.74, 6) is 1.18. The van der Waals surface area contributed by atoms with E-state index in [2.05, 4.69) is 27.3 Å². The molecule has 23 heteroatoms. The second kappa shape index (κ2) is 39.0. The Balaban J connectivity index is 0.000000267. The Morgan fingerprint density at radius 1 is 0.494 bits per heavy atom. The number of likely N-dealkylation sites (tertiary alicyclic amines) is 6. The molecule has 7 aliphatic heterocycles. The molecular weight excluding hydrogens is 1040 g/mol. The Labute approximate surface area is 473 Å². The fraction of sp³-hybridized carbons (Fsp3) is 0.875. The van der Waals surface area contributed by atoms with Crippen LogP contribution in [0, 0.1) is 40.4 Å². The van der Waals surface area contributed by atoms with Crippen molar-refractivity contribution in [3.63, 3.8) is 0 Å². The summed E-state index contributed by atoms with van der Waals surface area (Å²) in [6.07, 6.45) is 16.2. The number of ether oxygens (including phenoxy) is 4. The minimum Gasteiger partial charge on any atom is -0.450 e. The molecule has 0 aromatic carbocycles. The van der Waals surface area contributed by atoms with Crippen LogP contribution in [0.2, 0.25) is 0 Å². The monoisotopic (exact) mass is 1140 g/mol. The predicted octanol–water partition coefficient (Wildman–Crippen LogP) is 7.00. The van der Waals surface area contributed by atoms with Gasteiger partial charge in [-0.25, -0.2) is 19.2 Å². The van der Waals surface area contributed by atoms with E-state index in [0.29, 0.717) is 95.7 Å². The first-order valence-corrected chi connectivity index (χ1v) is 31.5. The van der Waals surface area contributed by atoms with E-state index >= 15 is 0 Å². The molecule has 0 bridgehead atoms. The number of ketones is 1. The standard InChI is InChI=1S/C16H28N2O3.C15H25N3O2.C10H19NO5S.C9H17NO3.C6H10N2/c1-3-21-16(20)18-9-4-5-15(8-12-18)17-10-6-14(7-11-17)13(2)19;1-2-20-15(19)18-8-3-4-14(7-11-18)17-9-5-13(12-16)6-10-17;1-3-15-10(12)11-7-4-5-9(6-8-11)16-17(2,13)14;1-2-13-9(12)10-6-3-4-8(11)5-7-10;7-5-6-1-3-8-4-2-6/h14-15H,3-12H2,1-2H3;13-14H,2-11H2,1H3;9H,3-8H2,1-2H3;8,11H,2-7H2,1H3;6,8H,1-4H2/t15-;14-;9-;8-;/m0011./s1. The molecule has 0 unspecified atom stereocenters.